The second kappa shape index (κ2) is 6.55. The van der Waals surface area contributed by atoms with Crippen LogP contribution in [-0.2, 0) is 9.53 Å². The lowest BCUT2D eigenvalue weighted by Gasteiger charge is -2.28. The second-order valence-corrected chi connectivity index (χ2v) is 5.87. The van der Waals surface area contributed by atoms with Crippen LogP contribution in [-0.4, -0.2) is 24.7 Å². The van der Waals surface area contributed by atoms with Crippen molar-refractivity contribution in [3.63, 3.8) is 0 Å². The number of hydrogen-bond donors (Lipinski definition) is 1. The van der Waals surface area contributed by atoms with Crippen molar-refractivity contribution in [2.24, 2.45) is 11.8 Å². The van der Waals surface area contributed by atoms with Gasteiger partial charge in [0.1, 0.15) is 0 Å². The van der Waals surface area contributed by atoms with Crippen molar-refractivity contribution in [1.29, 1.82) is 0 Å². The van der Waals surface area contributed by atoms with Crippen molar-refractivity contribution < 1.29 is 9.53 Å². The van der Waals surface area contributed by atoms with Crippen LogP contribution in [0.1, 0.15) is 58.8 Å². The third-order valence-corrected chi connectivity index (χ3v) is 4.33. The molecule has 2 aliphatic carbocycles. The summed E-state index contributed by atoms with van der Waals surface area (Å²) >= 11 is 0. The van der Waals surface area contributed by atoms with Gasteiger partial charge >= 0.3 is 5.97 Å². The summed E-state index contributed by atoms with van der Waals surface area (Å²) in [6, 6.07) is 1.27. The number of nitrogens with one attached hydrogen (secondary N) is 1. The second-order valence-electron chi connectivity index (χ2n) is 5.87. The number of esters is 1. The fraction of sp³-hybridized carbons (Fsp3) is 0.933. The Morgan fingerprint density at radius 1 is 1.28 bits per heavy atom. The van der Waals surface area contributed by atoms with Gasteiger partial charge in [0.15, 0.2) is 0 Å². The van der Waals surface area contributed by atoms with Crippen LogP contribution in [0.15, 0.2) is 0 Å². The number of ether oxygens (including phenoxy) is 1. The standard InChI is InChI=1S/C15H27NO2/c1-3-6-11-10-14(11)16-13-8-5-7-12(9-13)15(17)18-4-2/h11-14,16H,3-10H2,1-2H3. The summed E-state index contributed by atoms with van der Waals surface area (Å²) in [4.78, 5) is 11.8. The van der Waals surface area contributed by atoms with E-state index in [0.717, 1.165) is 31.2 Å². The zero-order chi connectivity index (χ0) is 13.0. The third kappa shape index (κ3) is 3.71. The maximum atomic E-state index is 11.8. The van der Waals surface area contributed by atoms with Crippen molar-refractivity contribution in [1.82, 2.24) is 5.32 Å². The molecule has 0 saturated heterocycles. The van der Waals surface area contributed by atoms with E-state index in [2.05, 4.69) is 12.2 Å². The zero-order valence-corrected chi connectivity index (χ0v) is 11.8. The summed E-state index contributed by atoms with van der Waals surface area (Å²) in [6.45, 7) is 4.65. The summed E-state index contributed by atoms with van der Waals surface area (Å²) in [5, 5.41) is 3.75. The number of rotatable bonds is 6. The van der Waals surface area contributed by atoms with E-state index in [0.29, 0.717) is 12.6 Å². The summed E-state index contributed by atoms with van der Waals surface area (Å²) in [5.41, 5.74) is 0. The van der Waals surface area contributed by atoms with Gasteiger partial charge in [0, 0.05) is 12.1 Å². The molecule has 0 spiro atoms. The maximum Gasteiger partial charge on any atom is 0.308 e. The largest absolute Gasteiger partial charge is 0.466 e. The Morgan fingerprint density at radius 2 is 2.11 bits per heavy atom. The Balaban J connectivity index is 1.72. The van der Waals surface area contributed by atoms with Crippen molar-refractivity contribution >= 4 is 5.97 Å². The smallest absolute Gasteiger partial charge is 0.308 e. The Hall–Kier alpha value is -0.570. The molecule has 3 heteroatoms. The van der Waals surface area contributed by atoms with E-state index in [-0.39, 0.29) is 11.9 Å². The topological polar surface area (TPSA) is 38.3 Å². The van der Waals surface area contributed by atoms with Crippen LogP contribution < -0.4 is 5.32 Å². The van der Waals surface area contributed by atoms with E-state index in [4.69, 9.17) is 4.74 Å². The molecule has 104 valence electrons. The normalized spacial score (nSPS) is 35.2. The highest BCUT2D eigenvalue weighted by Gasteiger charge is 2.38. The lowest BCUT2D eigenvalue weighted by atomic mass is 9.85. The molecule has 0 heterocycles. The van der Waals surface area contributed by atoms with Gasteiger partial charge in [0.2, 0.25) is 0 Å². The lowest BCUT2D eigenvalue weighted by molar-refractivity contribution is -0.149. The highest BCUT2D eigenvalue weighted by molar-refractivity contribution is 5.72. The Labute approximate surface area is 111 Å². The van der Waals surface area contributed by atoms with E-state index in [9.17, 15) is 4.79 Å². The van der Waals surface area contributed by atoms with Crippen molar-refractivity contribution in [2.45, 2.75) is 70.9 Å². The molecule has 0 radical (unpaired) electrons. The first kappa shape index (κ1) is 13.9. The molecule has 0 aromatic heterocycles. The average Bonchev–Trinajstić information content (AvgIpc) is 3.08. The first-order valence-corrected chi connectivity index (χ1v) is 7.67. The molecule has 4 atom stereocenters. The number of carbonyl (C=O) groups is 1. The molecule has 2 saturated carbocycles. The quantitative estimate of drug-likeness (QED) is 0.740. The molecule has 4 unspecified atom stereocenters. The maximum absolute atomic E-state index is 11.8. The van der Waals surface area contributed by atoms with Gasteiger partial charge in [0.25, 0.3) is 0 Å². The molecule has 0 amide bonds. The minimum Gasteiger partial charge on any atom is -0.466 e. The summed E-state index contributed by atoms with van der Waals surface area (Å²) < 4.78 is 5.14. The van der Waals surface area contributed by atoms with Crippen molar-refractivity contribution in [3.05, 3.63) is 0 Å². The SMILES string of the molecule is CCCC1CC1NC1CCCC(C(=O)OCC)C1. The molecular formula is C15H27NO2. The third-order valence-electron chi connectivity index (χ3n) is 4.33. The van der Waals surface area contributed by atoms with E-state index in [1.54, 1.807) is 0 Å². The van der Waals surface area contributed by atoms with Gasteiger partial charge in [-0.2, -0.15) is 0 Å². The highest BCUT2D eigenvalue weighted by atomic mass is 16.5. The van der Waals surface area contributed by atoms with Crippen LogP contribution >= 0.6 is 0 Å². The van der Waals surface area contributed by atoms with Crippen LogP contribution in [0.5, 0.6) is 0 Å². The molecule has 3 nitrogen and oxygen atoms in total. The van der Waals surface area contributed by atoms with Gasteiger partial charge in [-0.1, -0.05) is 19.8 Å². The monoisotopic (exact) mass is 253 g/mol. The van der Waals surface area contributed by atoms with E-state index in [1.807, 2.05) is 6.92 Å². The van der Waals surface area contributed by atoms with Gasteiger partial charge in [-0.25, -0.2) is 0 Å². The summed E-state index contributed by atoms with van der Waals surface area (Å²) in [7, 11) is 0. The van der Waals surface area contributed by atoms with E-state index in [1.165, 1.54) is 25.7 Å². The predicted octanol–water partition coefficient (Wildman–Crippen LogP) is 2.89. The molecule has 2 rings (SSSR count). The summed E-state index contributed by atoms with van der Waals surface area (Å²) in [5.74, 6) is 1.06. The van der Waals surface area contributed by atoms with Crippen LogP contribution in [0.2, 0.25) is 0 Å². The molecular weight excluding hydrogens is 226 g/mol. The first-order chi connectivity index (χ1) is 8.74. The minimum atomic E-state index is 0.0184. The molecule has 1 N–H and O–H groups in total. The first-order valence-electron chi connectivity index (χ1n) is 7.67. The molecule has 0 aromatic rings. The number of hydrogen-bond acceptors (Lipinski definition) is 3. The van der Waals surface area contributed by atoms with Gasteiger partial charge in [-0.15, -0.1) is 0 Å². The number of carbonyl (C=O) groups excluding carboxylic acids is 1. The highest BCUT2D eigenvalue weighted by Crippen LogP contribution is 2.36. The molecule has 2 fully saturated rings. The fourth-order valence-electron chi connectivity index (χ4n) is 3.26. The van der Waals surface area contributed by atoms with Crippen LogP contribution in [0.25, 0.3) is 0 Å². The van der Waals surface area contributed by atoms with Gasteiger partial charge in [-0.05, 0) is 44.9 Å². The molecule has 18 heavy (non-hydrogen) atoms. The van der Waals surface area contributed by atoms with Crippen LogP contribution in [0, 0.1) is 11.8 Å². The van der Waals surface area contributed by atoms with Crippen LogP contribution in [0.4, 0.5) is 0 Å². The fourth-order valence-corrected chi connectivity index (χ4v) is 3.26. The van der Waals surface area contributed by atoms with E-state index >= 15 is 0 Å². The minimum absolute atomic E-state index is 0.0184. The predicted molar refractivity (Wildman–Crippen MR) is 72.3 cm³/mol. The summed E-state index contributed by atoms with van der Waals surface area (Å²) in [6.07, 6.45) is 8.37. The Kier molecular flexibility index (Phi) is 5.04. The lowest BCUT2D eigenvalue weighted by Crippen LogP contribution is -2.38. The van der Waals surface area contributed by atoms with Gasteiger partial charge < -0.3 is 10.1 Å². The van der Waals surface area contributed by atoms with Gasteiger partial charge in [0.05, 0.1) is 12.5 Å². The molecule has 2 aliphatic rings. The Bertz CT molecular complexity index is 280. The van der Waals surface area contributed by atoms with Crippen LogP contribution in [0.3, 0.4) is 0 Å². The van der Waals surface area contributed by atoms with Crippen molar-refractivity contribution in [3.8, 4) is 0 Å². The molecule has 0 bridgehead atoms. The molecule has 0 aliphatic heterocycles. The van der Waals surface area contributed by atoms with Crippen molar-refractivity contribution in [2.75, 3.05) is 6.61 Å². The Morgan fingerprint density at radius 3 is 2.83 bits per heavy atom. The molecule has 0 aromatic carbocycles. The van der Waals surface area contributed by atoms with Gasteiger partial charge in [-0.3, -0.25) is 4.79 Å². The zero-order valence-electron chi connectivity index (χ0n) is 11.8. The average molecular weight is 253 g/mol. The van der Waals surface area contributed by atoms with E-state index < -0.39 is 0 Å².